The maximum atomic E-state index is 3.67. The van der Waals surface area contributed by atoms with Crippen LogP contribution in [-0.2, 0) is 0 Å². The average molecular weight is 298 g/mol. The Bertz CT molecular complexity index is 345. The van der Waals surface area contributed by atoms with E-state index in [1.165, 1.54) is 34.9 Å². The first-order valence-electron chi connectivity index (χ1n) is 6.55. The Hall–Kier alpha value is -0.340. The molecular formula is C15H24BrN. The maximum Gasteiger partial charge on any atom is 0.0331 e. The molecule has 0 saturated carbocycles. The zero-order valence-corrected chi connectivity index (χ0v) is 13.0. The Kier molecular flexibility index (Phi) is 6.21. The molecule has 0 aliphatic heterocycles. The number of rotatable bonds is 6. The van der Waals surface area contributed by atoms with Crippen molar-refractivity contribution in [3.05, 3.63) is 33.8 Å². The van der Waals surface area contributed by atoms with Crippen LogP contribution in [0.3, 0.4) is 0 Å². The van der Waals surface area contributed by atoms with E-state index in [0.29, 0.717) is 6.04 Å². The molecule has 0 fully saturated rings. The minimum absolute atomic E-state index is 0.453. The minimum atomic E-state index is 0.453. The molecule has 2 heteroatoms. The van der Waals surface area contributed by atoms with Crippen molar-refractivity contribution >= 4 is 15.9 Å². The summed E-state index contributed by atoms with van der Waals surface area (Å²) in [5, 5.41) is 3.46. The van der Waals surface area contributed by atoms with Gasteiger partial charge in [-0.2, -0.15) is 0 Å². The minimum Gasteiger partial charge on any atom is -0.313 e. The lowest BCUT2D eigenvalue weighted by Crippen LogP contribution is -2.20. The molecule has 0 aliphatic rings. The second-order valence-corrected chi connectivity index (χ2v) is 5.64. The summed E-state index contributed by atoms with van der Waals surface area (Å²) in [6, 6.07) is 7.04. The molecule has 0 aromatic heterocycles. The number of halogens is 1. The van der Waals surface area contributed by atoms with E-state index >= 15 is 0 Å². The van der Waals surface area contributed by atoms with Crippen molar-refractivity contribution < 1.29 is 0 Å². The quantitative estimate of drug-likeness (QED) is 0.792. The lowest BCUT2D eigenvalue weighted by Gasteiger charge is -2.23. The van der Waals surface area contributed by atoms with Gasteiger partial charge < -0.3 is 5.32 Å². The summed E-state index contributed by atoms with van der Waals surface area (Å²) in [6.07, 6.45) is 3.74. The Morgan fingerprint density at radius 2 is 1.88 bits per heavy atom. The van der Waals surface area contributed by atoms with Gasteiger partial charge in [-0.15, -0.1) is 0 Å². The first kappa shape index (κ1) is 14.7. The molecule has 1 aromatic rings. The van der Waals surface area contributed by atoms with Crippen LogP contribution in [0.5, 0.6) is 0 Å². The molecule has 1 atom stereocenters. The van der Waals surface area contributed by atoms with Crippen LogP contribution >= 0.6 is 15.9 Å². The molecule has 0 saturated heterocycles. The average Bonchev–Trinajstić information content (AvgIpc) is 2.34. The Balaban J connectivity index is 2.89. The van der Waals surface area contributed by atoms with Gasteiger partial charge in [0.05, 0.1) is 0 Å². The summed E-state index contributed by atoms with van der Waals surface area (Å²) >= 11 is 3.67. The molecular weight excluding hydrogens is 274 g/mol. The highest BCUT2D eigenvalue weighted by molar-refractivity contribution is 9.10. The van der Waals surface area contributed by atoms with Crippen LogP contribution < -0.4 is 5.32 Å². The van der Waals surface area contributed by atoms with Gasteiger partial charge in [0.2, 0.25) is 0 Å². The van der Waals surface area contributed by atoms with Gasteiger partial charge in [-0.1, -0.05) is 60.3 Å². The third-order valence-corrected chi connectivity index (χ3v) is 4.32. The third kappa shape index (κ3) is 4.11. The zero-order valence-electron chi connectivity index (χ0n) is 11.4. The molecule has 0 aliphatic carbocycles. The summed E-state index contributed by atoms with van der Waals surface area (Å²) in [7, 11) is 2.06. The highest BCUT2D eigenvalue weighted by atomic mass is 79.9. The third-order valence-electron chi connectivity index (χ3n) is 3.60. The van der Waals surface area contributed by atoms with E-state index in [1.807, 2.05) is 0 Å². The first-order valence-corrected chi connectivity index (χ1v) is 7.34. The molecule has 1 unspecified atom stereocenters. The van der Waals surface area contributed by atoms with Gasteiger partial charge in [-0.05, 0) is 37.9 Å². The SMILES string of the molecule is CCC(CC)CC(NC)c1cc(C)ccc1Br. The van der Waals surface area contributed by atoms with Crippen LogP contribution in [0.2, 0.25) is 0 Å². The van der Waals surface area contributed by atoms with Gasteiger partial charge in [0.15, 0.2) is 0 Å². The number of nitrogens with one attached hydrogen (secondary N) is 1. The van der Waals surface area contributed by atoms with E-state index in [-0.39, 0.29) is 0 Å². The maximum absolute atomic E-state index is 3.67. The normalized spacial score (nSPS) is 13.1. The fourth-order valence-electron chi connectivity index (χ4n) is 2.29. The highest BCUT2D eigenvalue weighted by Gasteiger charge is 2.16. The fraction of sp³-hybridized carbons (Fsp3) is 0.600. The first-order chi connectivity index (χ1) is 8.12. The monoisotopic (exact) mass is 297 g/mol. The van der Waals surface area contributed by atoms with Gasteiger partial charge >= 0.3 is 0 Å². The van der Waals surface area contributed by atoms with Crippen molar-refractivity contribution in [2.75, 3.05) is 7.05 Å². The van der Waals surface area contributed by atoms with Crippen molar-refractivity contribution in [1.82, 2.24) is 5.32 Å². The second kappa shape index (κ2) is 7.17. The van der Waals surface area contributed by atoms with Crippen molar-refractivity contribution in [3.63, 3.8) is 0 Å². The lowest BCUT2D eigenvalue weighted by atomic mass is 9.91. The molecule has 0 heterocycles. The van der Waals surface area contributed by atoms with Crippen LogP contribution in [0.1, 0.15) is 50.3 Å². The summed E-state index contributed by atoms with van der Waals surface area (Å²) in [6.45, 7) is 6.72. The molecule has 1 N–H and O–H groups in total. The summed E-state index contributed by atoms with van der Waals surface area (Å²) in [5.41, 5.74) is 2.72. The number of hydrogen-bond acceptors (Lipinski definition) is 1. The molecule has 0 spiro atoms. The van der Waals surface area contributed by atoms with Crippen molar-refractivity contribution in [3.8, 4) is 0 Å². The summed E-state index contributed by atoms with van der Waals surface area (Å²) < 4.78 is 1.22. The van der Waals surface area contributed by atoms with Gasteiger partial charge in [0, 0.05) is 10.5 Å². The molecule has 0 radical (unpaired) electrons. The second-order valence-electron chi connectivity index (χ2n) is 4.78. The molecule has 1 aromatic carbocycles. The van der Waals surface area contributed by atoms with E-state index in [1.54, 1.807) is 0 Å². The molecule has 1 nitrogen and oxygen atoms in total. The van der Waals surface area contributed by atoms with Crippen molar-refractivity contribution in [2.24, 2.45) is 5.92 Å². The Morgan fingerprint density at radius 1 is 1.24 bits per heavy atom. The highest BCUT2D eigenvalue weighted by Crippen LogP contribution is 2.30. The standard InChI is InChI=1S/C15H24BrN/c1-5-12(6-2)10-15(17-4)13-9-11(3)7-8-14(13)16/h7-9,12,15,17H,5-6,10H2,1-4H3. The van der Waals surface area contributed by atoms with Gasteiger partial charge in [-0.3, -0.25) is 0 Å². The largest absolute Gasteiger partial charge is 0.313 e. The van der Waals surface area contributed by atoms with Gasteiger partial charge in [0.25, 0.3) is 0 Å². The number of hydrogen-bond donors (Lipinski definition) is 1. The number of benzene rings is 1. The molecule has 96 valence electrons. The van der Waals surface area contributed by atoms with Crippen LogP contribution in [0.25, 0.3) is 0 Å². The number of aryl methyl sites for hydroxylation is 1. The van der Waals surface area contributed by atoms with Crippen LogP contribution in [-0.4, -0.2) is 7.05 Å². The van der Waals surface area contributed by atoms with E-state index < -0.39 is 0 Å². The predicted molar refractivity (Wildman–Crippen MR) is 79.4 cm³/mol. The van der Waals surface area contributed by atoms with Gasteiger partial charge in [0.1, 0.15) is 0 Å². The smallest absolute Gasteiger partial charge is 0.0331 e. The van der Waals surface area contributed by atoms with Crippen LogP contribution in [0.4, 0.5) is 0 Å². The summed E-state index contributed by atoms with van der Waals surface area (Å²) in [5.74, 6) is 0.805. The van der Waals surface area contributed by atoms with Gasteiger partial charge in [-0.25, -0.2) is 0 Å². The fourth-order valence-corrected chi connectivity index (χ4v) is 2.81. The van der Waals surface area contributed by atoms with E-state index in [9.17, 15) is 0 Å². The molecule has 0 bridgehead atoms. The Labute approximate surface area is 114 Å². The van der Waals surface area contributed by atoms with E-state index in [0.717, 1.165) is 5.92 Å². The predicted octanol–water partition coefficient (Wildman–Crippen LogP) is 4.84. The molecule has 17 heavy (non-hydrogen) atoms. The zero-order chi connectivity index (χ0) is 12.8. The topological polar surface area (TPSA) is 12.0 Å². The lowest BCUT2D eigenvalue weighted by molar-refractivity contribution is 0.384. The van der Waals surface area contributed by atoms with E-state index in [2.05, 4.69) is 67.3 Å². The van der Waals surface area contributed by atoms with Crippen molar-refractivity contribution in [1.29, 1.82) is 0 Å². The van der Waals surface area contributed by atoms with Crippen LogP contribution in [0.15, 0.2) is 22.7 Å². The summed E-state index contributed by atoms with van der Waals surface area (Å²) in [4.78, 5) is 0. The molecule has 1 rings (SSSR count). The van der Waals surface area contributed by atoms with E-state index in [4.69, 9.17) is 0 Å². The van der Waals surface area contributed by atoms with Crippen LogP contribution in [0, 0.1) is 12.8 Å². The Morgan fingerprint density at radius 3 is 2.41 bits per heavy atom. The molecule has 0 amide bonds. The van der Waals surface area contributed by atoms with Crippen molar-refractivity contribution in [2.45, 2.75) is 46.1 Å².